The van der Waals surface area contributed by atoms with Crippen molar-refractivity contribution >= 4 is 46.3 Å². The first kappa shape index (κ1) is 44.9. The van der Waals surface area contributed by atoms with Gasteiger partial charge in [-0.25, -0.2) is 19.4 Å². The second-order valence-electron chi connectivity index (χ2n) is 19.8. The number of nitrogens with two attached hydrogens (primary N) is 1. The number of imide groups is 1. The van der Waals surface area contributed by atoms with Crippen LogP contribution in [0.3, 0.4) is 0 Å². The Hall–Kier alpha value is -6.59. The molecule has 5 aromatic rings. The van der Waals surface area contributed by atoms with Gasteiger partial charge in [-0.15, -0.1) is 0 Å². The molecule has 69 heavy (non-hydrogen) atoms. The van der Waals surface area contributed by atoms with Crippen molar-refractivity contribution in [3.8, 4) is 22.8 Å². The highest BCUT2D eigenvalue weighted by Crippen LogP contribution is 2.37. The number of carbonyl (C=O) groups is 4. The average Bonchev–Trinajstić information content (AvgIpc) is 3.94. The zero-order valence-corrected chi connectivity index (χ0v) is 39.3. The topological polar surface area (TPSA) is 179 Å². The summed E-state index contributed by atoms with van der Waals surface area (Å²) in [4.78, 5) is 73.6. The Kier molecular flexibility index (Phi) is 12.6. The zero-order chi connectivity index (χ0) is 47.0. The second-order valence-corrected chi connectivity index (χ2v) is 19.8. The van der Waals surface area contributed by atoms with E-state index >= 15 is 0 Å². The van der Waals surface area contributed by atoms with Crippen LogP contribution in [0.5, 0.6) is 11.5 Å². The number of nitrogen functional groups attached to an aromatic ring is 1. The van der Waals surface area contributed by atoms with E-state index in [1.807, 2.05) is 66.7 Å². The molecule has 3 N–H and O–H groups in total. The first-order valence-electron chi connectivity index (χ1n) is 25.1. The molecule has 3 aromatic carbocycles. The minimum atomic E-state index is -0.602. The van der Waals surface area contributed by atoms with Crippen molar-refractivity contribution in [3.05, 3.63) is 90.3 Å². The van der Waals surface area contributed by atoms with Crippen molar-refractivity contribution < 1.29 is 23.9 Å². The van der Waals surface area contributed by atoms with Crippen LogP contribution >= 0.6 is 0 Å². The highest BCUT2D eigenvalue weighted by molar-refractivity contribution is 6.05. The average molecular weight is 935 g/mol. The number of rotatable bonds is 10. The summed E-state index contributed by atoms with van der Waals surface area (Å²) < 4.78 is 8.12. The predicted molar refractivity (Wildman–Crippen MR) is 262 cm³/mol. The third-order valence-corrected chi connectivity index (χ3v) is 15.6. The number of carbonyl (C=O) groups excluding carboxylic acids is 4. The number of amides is 5. The van der Waals surface area contributed by atoms with Crippen molar-refractivity contribution in [2.45, 2.75) is 82.5 Å². The number of nitrogens with zero attached hydrogens (tertiary/aromatic N) is 10. The molecule has 0 aliphatic carbocycles. The molecule has 0 bridgehead atoms. The first-order chi connectivity index (χ1) is 33.7. The van der Waals surface area contributed by atoms with E-state index in [0.717, 1.165) is 162 Å². The molecule has 11 rings (SSSR count). The second kappa shape index (κ2) is 19.4. The molecule has 6 aliphatic rings. The summed E-state index contributed by atoms with van der Waals surface area (Å²) in [5.41, 5.74) is 11.7. The number of hydrogen-bond acceptors (Lipinski definition) is 12. The highest BCUT2D eigenvalue weighted by Gasteiger charge is 2.40. The number of fused-ring (bicyclic) bond motifs is 2. The molecule has 2 atom stereocenters. The fourth-order valence-electron chi connectivity index (χ4n) is 11.7. The number of urea groups is 1. The fraction of sp³-hybridized carbons (Fsp3) is 0.481. The number of piperazine rings is 1. The number of hydrogen-bond donors (Lipinski definition) is 2. The Labute approximate surface area is 402 Å². The van der Waals surface area contributed by atoms with Crippen LogP contribution in [0.2, 0.25) is 0 Å². The van der Waals surface area contributed by atoms with Gasteiger partial charge >= 0.3 is 6.03 Å². The Morgan fingerprint density at radius 1 is 0.768 bits per heavy atom. The van der Waals surface area contributed by atoms with Gasteiger partial charge in [-0.2, -0.15) is 5.10 Å². The Morgan fingerprint density at radius 2 is 1.51 bits per heavy atom. The van der Waals surface area contributed by atoms with E-state index in [0.29, 0.717) is 36.3 Å². The monoisotopic (exact) mass is 934 g/mol. The van der Waals surface area contributed by atoms with E-state index in [2.05, 4.69) is 45.5 Å². The smallest absolute Gasteiger partial charge is 0.319 e. The van der Waals surface area contributed by atoms with Gasteiger partial charge in [0.15, 0.2) is 5.65 Å². The van der Waals surface area contributed by atoms with Gasteiger partial charge in [0.1, 0.15) is 35.4 Å². The lowest BCUT2D eigenvalue weighted by Crippen LogP contribution is -2.53. The number of benzene rings is 3. The molecular weight excluding hydrogens is 873 g/mol. The molecule has 17 nitrogen and oxygen atoms in total. The normalized spacial score (nSPS) is 22.3. The van der Waals surface area contributed by atoms with Crippen LogP contribution in [-0.4, -0.2) is 152 Å². The van der Waals surface area contributed by atoms with E-state index < -0.39 is 6.04 Å². The number of nitrogens with one attached hydrogen (secondary N) is 1. The summed E-state index contributed by atoms with van der Waals surface area (Å²) in [7, 11) is 0. The molecule has 8 heterocycles. The third kappa shape index (κ3) is 9.33. The van der Waals surface area contributed by atoms with Crippen LogP contribution in [0.4, 0.5) is 16.3 Å². The van der Waals surface area contributed by atoms with Gasteiger partial charge in [-0.1, -0.05) is 18.2 Å². The molecule has 2 aromatic heterocycles. The Bertz CT molecular complexity index is 2690. The molecule has 6 aliphatic heterocycles. The number of aromatic nitrogens is 4. The molecule has 17 heteroatoms. The predicted octanol–water partition coefficient (Wildman–Crippen LogP) is 5.77. The van der Waals surface area contributed by atoms with Gasteiger partial charge in [0.2, 0.25) is 11.8 Å². The van der Waals surface area contributed by atoms with Gasteiger partial charge < -0.3 is 30.1 Å². The van der Waals surface area contributed by atoms with E-state index in [-0.39, 0.29) is 36.2 Å². The van der Waals surface area contributed by atoms with Gasteiger partial charge in [-0.3, -0.25) is 29.5 Å². The maximum atomic E-state index is 13.8. The van der Waals surface area contributed by atoms with Crippen LogP contribution in [0.1, 0.15) is 79.8 Å². The van der Waals surface area contributed by atoms with Gasteiger partial charge in [-0.05, 0) is 131 Å². The van der Waals surface area contributed by atoms with E-state index in [4.69, 9.17) is 20.6 Å². The van der Waals surface area contributed by atoms with Crippen LogP contribution in [-0.2, 0) is 16.1 Å². The molecule has 5 fully saturated rings. The van der Waals surface area contributed by atoms with E-state index in [1.54, 1.807) is 4.90 Å². The first-order valence-corrected chi connectivity index (χ1v) is 25.1. The van der Waals surface area contributed by atoms with Crippen molar-refractivity contribution in [1.29, 1.82) is 0 Å². The van der Waals surface area contributed by atoms with Crippen molar-refractivity contribution in [2.75, 3.05) is 82.6 Å². The van der Waals surface area contributed by atoms with Crippen molar-refractivity contribution in [1.82, 2.24) is 49.6 Å². The third-order valence-electron chi connectivity index (χ3n) is 15.6. The lowest BCUT2D eigenvalue weighted by Gasteiger charge is -2.43. The van der Waals surface area contributed by atoms with Crippen LogP contribution in [0.25, 0.3) is 22.3 Å². The minimum Gasteiger partial charge on any atom is -0.457 e. The summed E-state index contributed by atoms with van der Waals surface area (Å²) in [6.07, 6.45) is 9.40. The largest absolute Gasteiger partial charge is 0.457 e. The summed E-state index contributed by atoms with van der Waals surface area (Å²) in [6.45, 7) is 10.4. The van der Waals surface area contributed by atoms with Gasteiger partial charge in [0, 0.05) is 94.7 Å². The fourth-order valence-corrected chi connectivity index (χ4v) is 11.7. The number of para-hydroxylation sites is 1. The van der Waals surface area contributed by atoms with Crippen LogP contribution < -0.4 is 20.7 Å². The van der Waals surface area contributed by atoms with Crippen molar-refractivity contribution in [2.24, 2.45) is 5.92 Å². The highest BCUT2D eigenvalue weighted by atomic mass is 16.5. The lowest BCUT2D eigenvalue weighted by molar-refractivity contribution is -0.136. The number of anilines is 2. The van der Waals surface area contributed by atoms with E-state index in [9.17, 15) is 19.2 Å². The molecular formula is C52H62N12O5. The Balaban J connectivity index is 0.622. The van der Waals surface area contributed by atoms with Crippen LogP contribution in [0, 0.1) is 5.92 Å². The maximum absolute atomic E-state index is 13.8. The SMILES string of the molecule is Nc1ncnc2c1c(-c1ccc(Oc3ccccc3)cc1)nn2C1CCCN(C2CCN(C(=O)N3CCC(CCN4CCN(c5ccc6c(c5)CN(C5CCC(=O)NC5=O)C6=O)CC4)CC3)CC2)C1. The summed E-state index contributed by atoms with van der Waals surface area (Å²) >= 11 is 0. The molecule has 360 valence electrons. The molecule has 0 radical (unpaired) electrons. The van der Waals surface area contributed by atoms with E-state index in [1.165, 1.54) is 6.33 Å². The molecule has 0 spiro atoms. The number of likely N-dealkylation sites (tertiary alicyclic amines) is 3. The van der Waals surface area contributed by atoms with Gasteiger partial charge in [0.25, 0.3) is 5.91 Å². The summed E-state index contributed by atoms with van der Waals surface area (Å²) in [5.74, 6) is 1.77. The zero-order valence-electron chi connectivity index (χ0n) is 39.3. The molecule has 2 unspecified atom stereocenters. The Morgan fingerprint density at radius 3 is 2.26 bits per heavy atom. The van der Waals surface area contributed by atoms with Crippen molar-refractivity contribution in [3.63, 3.8) is 0 Å². The quantitative estimate of drug-likeness (QED) is 0.162. The maximum Gasteiger partial charge on any atom is 0.319 e. The molecule has 5 amide bonds. The molecule has 5 saturated heterocycles. The number of piperidine rings is 4. The van der Waals surface area contributed by atoms with Crippen LogP contribution in [0.15, 0.2) is 79.1 Å². The summed E-state index contributed by atoms with van der Waals surface area (Å²) in [6, 6.07) is 23.9. The molecule has 0 saturated carbocycles. The summed E-state index contributed by atoms with van der Waals surface area (Å²) in [5, 5.41) is 8.34. The standard InChI is InChI=1S/C52H62N12O5/c53-48-46-47(36-8-11-42(12-9-36)69-41-6-2-1-3-7-41)57-64(49(46)55-34-54-48)40-5-4-21-62(33-40)38-19-25-61(26-20-38)52(68)60-23-17-35(18-24-60)16-22-58-27-29-59(30-28-58)39-10-13-43-37(31-39)32-63(51(43)67)44-14-15-45(65)56-50(44)66/h1-3,6-13,31,34-35,38,40,44H,4-5,14-30,32-33H2,(H2,53,54,55)(H,56,65,66). The van der Waals surface area contributed by atoms with Gasteiger partial charge in [0.05, 0.1) is 11.4 Å². The lowest BCUT2D eigenvalue weighted by atomic mass is 9.93. The number of ether oxygens (including phenoxy) is 1. The minimum absolute atomic E-state index is 0.136.